The topological polar surface area (TPSA) is 96.6 Å². The number of esters is 1. The zero-order valence-corrected chi connectivity index (χ0v) is 14.6. The van der Waals surface area contributed by atoms with Crippen LogP contribution in [0.25, 0.3) is 10.6 Å². The Balaban J connectivity index is 1.72. The Kier molecular flexibility index (Phi) is 4.94. The maximum absolute atomic E-state index is 12.1. The summed E-state index contributed by atoms with van der Waals surface area (Å²) in [6, 6.07) is 5.43. The molecule has 0 fully saturated rings. The first-order valence-electron chi connectivity index (χ1n) is 7.25. The van der Waals surface area contributed by atoms with Crippen LogP contribution in [0.2, 0.25) is 0 Å². The highest BCUT2D eigenvalue weighted by Gasteiger charge is 2.16. The van der Waals surface area contributed by atoms with Gasteiger partial charge in [0.25, 0.3) is 5.89 Å². The van der Waals surface area contributed by atoms with Gasteiger partial charge in [0.05, 0.1) is 14.2 Å². The molecule has 130 valence electrons. The molecule has 25 heavy (non-hydrogen) atoms. The second-order valence-corrected chi connectivity index (χ2v) is 5.78. The van der Waals surface area contributed by atoms with Gasteiger partial charge in [0, 0.05) is 10.9 Å². The minimum Gasteiger partial charge on any atom is -0.493 e. The molecule has 3 aromatic rings. The molecule has 0 amide bonds. The number of carbonyl (C=O) groups is 1. The van der Waals surface area contributed by atoms with Crippen molar-refractivity contribution in [2.24, 2.45) is 0 Å². The first-order chi connectivity index (χ1) is 12.1. The molecule has 3 rings (SSSR count). The number of ether oxygens (including phenoxy) is 3. The molecule has 8 nitrogen and oxygen atoms in total. The lowest BCUT2D eigenvalue weighted by atomic mass is 10.2. The summed E-state index contributed by atoms with van der Waals surface area (Å²) < 4.78 is 20.5. The molecular formula is C16H15N3O5S. The lowest BCUT2D eigenvalue weighted by Gasteiger charge is -2.08. The van der Waals surface area contributed by atoms with Crippen LogP contribution in [0.4, 0.5) is 0 Å². The van der Waals surface area contributed by atoms with Crippen molar-refractivity contribution in [3.63, 3.8) is 0 Å². The molecule has 0 aliphatic carbocycles. The molecule has 1 aromatic carbocycles. The van der Waals surface area contributed by atoms with Crippen LogP contribution in [0, 0.1) is 6.92 Å². The van der Waals surface area contributed by atoms with Gasteiger partial charge in [-0.25, -0.2) is 9.78 Å². The number of thiazole rings is 1. The Morgan fingerprint density at radius 2 is 2.00 bits per heavy atom. The molecule has 0 radical (unpaired) electrons. The van der Waals surface area contributed by atoms with Crippen LogP contribution in [-0.4, -0.2) is 35.3 Å². The first kappa shape index (κ1) is 16.9. The van der Waals surface area contributed by atoms with Crippen molar-refractivity contribution in [1.29, 1.82) is 0 Å². The number of aryl methyl sites for hydroxylation is 1. The maximum atomic E-state index is 12.1. The van der Waals surface area contributed by atoms with Gasteiger partial charge < -0.3 is 18.7 Å². The lowest BCUT2D eigenvalue weighted by Crippen LogP contribution is -2.05. The SMILES string of the molecule is COc1ccc(-c2nc(C(=O)OCc3nc(C)no3)cs2)cc1OC. The number of rotatable bonds is 6. The highest BCUT2D eigenvalue weighted by molar-refractivity contribution is 7.13. The summed E-state index contributed by atoms with van der Waals surface area (Å²) >= 11 is 1.33. The van der Waals surface area contributed by atoms with Gasteiger partial charge in [-0.1, -0.05) is 5.16 Å². The van der Waals surface area contributed by atoms with Crippen LogP contribution in [0.15, 0.2) is 28.1 Å². The van der Waals surface area contributed by atoms with Gasteiger partial charge in [-0.05, 0) is 25.1 Å². The van der Waals surface area contributed by atoms with Gasteiger partial charge in [-0.3, -0.25) is 0 Å². The van der Waals surface area contributed by atoms with E-state index in [0.29, 0.717) is 22.3 Å². The number of nitrogens with zero attached hydrogens (tertiary/aromatic N) is 3. The minimum atomic E-state index is -0.557. The zero-order chi connectivity index (χ0) is 17.8. The van der Waals surface area contributed by atoms with Crippen molar-refractivity contribution in [3.05, 3.63) is 41.0 Å². The normalized spacial score (nSPS) is 10.5. The first-order valence-corrected chi connectivity index (χ1v) is 8.13. The van der Waals surface area contributed by atoms with Crippen molar-refractivity contribution in [3.8, 4) is 22.1 Å². The number of carbonyl (C=O) groups excluding carboxylic acids is 1. The summed E-state index contributed by atoms with van der Waals surface area (Å²) in [5.41, 5.74) is 1.03. The maximum Gasteiger partial charge on any atom is 0.358 e. The summed E-state index contributed by atoms with van der Waals surface area (Å²) in [7, 11) is 3.13. The molecule has 0 bridgehead atoms. The summed E-state index contributed by atoms with van der Waals surface area (Å²) in [6.07, 6.45) is 0. The molecule has 0 aliphatic heterocycles. The second-order valence-electron chi connectivity index (χ2n) is 4.92. The van der Waals surface area contributed by atoms with Crippen LogP contribution < -0.4 is 9.47 Å². The predicted molar refractivity (Wildman–Crippen MR) is 88.8 cm³/mol. The van der Waals surface area contributed by atoms with Crippen LogP contribution >= 0.6 is 11.3 Å². The van der Waals surface area contributed by atoms with Crippen LogP contribution in [0.5, 0.6) is 11.5 Å². The van der Waals surface area contributed by atoms with E-state index in [2.05, 4.69) is 15.1 Å². The number of hydrogen-bond acceptors (Lipinski definition) is 9. The van der Waals surface area contributed by atoms with Crippen molar-refractivity contribution >= 4 is 17.3 Å². The average Bonchev–Trinajstić information content (AvgIpc) is 3.28. The van der Waals surface area contributed by atoms with Crippen molar-refractivity contribution < 1.29 is 23.5 Å². The van der Waals surface area contributed by atoms with E-state index >= 15 is 0 Å². The summed E-state index contributed by atoms with van der Waals surface area (Å²) in [4.78, 5) is 20.4. The molecule has 9 heteroatoms. The van der Waals surface area contributed by atoms with Gasteiger partial charge in [-0.2, -0.15) is 4.98 Å². The highest BCUT2D eigenvalue weighted by Crippen LogP contribution is 2.33. The third-order valence-corrected chi connectivity index (χ3v) is 4.13. The highest BCUT2D eigenvalue weighted by atomic mass is 32.1. The molecule has 0 atom stereocenters. The fraction of sp³-hybridized carbons (Fsp3) is 0.250. The molecule has 0 saturated carbocycles. The summed E-state index contributed by atoms with van der Waals surface area (Å²) in [5.74, 6) is 1.37. The van der Waals surface area contributed by atoms with E-state index in [1.807, 2.05) is 6.07 Å². The molecule has 0 aliphatic rings. The Labute approximate surface area is 147 Å². The van der Waals surface area contributed by atoms with Gasteiger partial charge in [0.1, 0.15) is 5.01 Å². The molecule has 0 spiro atoms. The minimum absolute atomic E-state index is 0.0944. The number of methoxy groups -OCH3 is 2. The summed E-state index contributed by atoms with van der Waals surface area (Å²) in [6.45, 7) is 1.59. The second kappa shape index (κ2) is 7.31. The van der Waals surface area contributed by atoms with Crippen LogP contribution in [0.3, 0.4) is 0 Å². The van der Waals surface area contributed by atoms with Gasteiger partial charge in [0.2, 0.25) is 0 Å². The zero-order valence-electron chi connectivity index (χ0n) is 13.8. The van der Waals surface area contributed by atoms with Crippen molar-refractivity contribution in [2.75, 3.05) is 14.2 Å². The Morgan fingerprint density at radius 1 is 1.20 bits per heavy atom. The van der Waals surface area contributed by atoms with E-state index in [1.54, 1.807) is 38.7 Å². The molecular weight excluding hydrogens is 346 g/mol. The lowest BCUT2D eigenvalue weighted by molar-refractivity contribution is 0.0424. The Hall–Kier alpha value is -2.94. The molecule has 2 heterocycles. The van der Waals surface area contributed by atoms with Gasteiger partial charge >= 0.3 is 5.97 Å². The van der Waals surface area contributed by atoms with Gasteiger partial charge in [-0.15, -0.1) is 11.3 Å². The Morgan fingerprint density at radius 3 is 2.68 bits per heavy atom. The Bertz CT molecular complexity index is 890. The number of hydrogen-bond donors (Lipinski definition) is 0. The largest absolute Gasteiger partial charge is 0.493 e. The van der Waals surface area contributed by atoms with Crippen LogP contribution in [0.1, 0.15) is 22.2 Å². The number of aromatic nitrogens is 3. The van der Waals surface area contributed by atoms with E-state index in [1.165, 1.54) is 11.3 Å². The smallest absolute Gasteiger partial charge is 0.358 e. The number of benzene rings is 1. The summed E-state index contributed by atoms with van der Waals surface area (Å²) in [5, 5.41) is 5.93. The molecule has 0 saturated heterocycles. The third kappa shape index (κ3) is 3.77. The fourth-order valence-corrected chi connectivity index (χ4v) is 2.86. The molecule has 2 aromatic heterocycles. The van der Waals surface area contributed by atoms with Crippen molar-refractivity contribution in [2.45, 2.75) is 13.5 Å². The molecule has 0 unspecified atom stereocenters. The van der Waals surface area contributed by atoms with E-state index in [9.17, 15) is 4.79 Å². The van der Waals surface area contributed by atoms with Gasteiger partial charge in [0.15, 0.2) is 29.6 Å². The van der Waals surface area contributed by atoms with E-state index in [0.717, 1.165) is 5.56 Å². The van der Waals surface area contributed by atoms with Crippen molar-refractivity contribution in [1.82, 2.24) is 15.1 Å². The predicted octanol–water partition coefficient (Wildman–Crippen LogP) is 2.88. The van der Waals surface area contributed by atoms with E-state index in [4.69, 9.17) is 18.7 Å². The molecule has 0 N–H and O–H groups in total. The average molecular weight is 361 g/mol. The quantitative estimate of drug-likeness (QED) is 0.618. The monoisotopic (exact) mass is 361 g/mol. The van der Waals surface area contributed by atoms with Crippen LogP contribution in [-0.2, 0) is 11.3 Å². The third-order valence-electron chi connectivity index (χ3n) is 3.24. The fourth-order valence-electron chi connectivity index (χ4n) is 2.07. The van der Waals surface area contributed by atoms with E-state index in [-0.39, 0.29) is 18.2 Å². The van der Waals surface area contributed by atoms with E-state index < -0.39 is 5.97 Å². The standard InChI is InChI=1S/C16H15N3O5S/c1-9-17-14(24-19-9)7-23-16(20)11-8-25-15(18-11)10-4-5-12(21-2)13(6-10)22-3/h4-6,8H,7H2,1-3H3.